The highest BCUT2D eigenvalue weighted by Gasteiger charge is 2.07. The van der Waals surface area contributed by atoms with Crippen LogP contribution in [0.3, 0.4) is 0 Å². The van der Waals surface area contributed by atoms with Crippen LogP contribution in [0, 0.1) is 0 Å². The van der Waals surface area contributed by atoms with Gasteiger partial charge in [-0.3, -0.25) is 4.79 Å². The van der Waals surface area contributed by atoms with Gasteiger partial charge < -0.3 is 15.9 Å². The van der Waals surface area contributed by atoms with E-state index in [2.05, 4.69) is 36.4 Å². The van der Waals surface area contributed by atoms with E-state index in [4.69, 9.17) is 15.9 Å². The van der Waals surface area contributed by atoms with Gasteiger partial charge in [-0.1, -0.05) is 36.4 Å². The maximum absolute atomic E-state index is 9.65. The van der Waals surface area contributed by atoms with E-state index in [1.807, 2.05) is 0 Å². The normalized spacial score (nSPS) is 12.9. The minimum atomic E-state index is -1.18. The first-order chi connectivity index (χ1) is 7.15. The van der Waals surface area contributed by atoms with Gasteiger partial charge in [-0.2, -0.15) is 0 Å². The number of aliphatic hydroxyl groups is 1. The molecule has 0 aliphatic heterocycles. The van der Waals surface area contributed by atoms with Gasteiger partial charge in [-0.05, 0) is 11.1 Å². The van der Waals surface area contributed by atoms with E-state index in [9.17, 15) is 4.79 Å². The first kappa shape index (κ1) is 11.4. The summed E-state index contributed by atoms with van der Waals surface area (Å²) < 4.78 is 0. The molecule has 0 spiro atoms. The van der Waals surface area contributed by atoms with Crippen molar-refractivity contribution in [2.45, 2.75) is 6.04 Å². The third kappa shape index (κ3) is 3.19. The van der Waals surface area contributed by atoms with Crippen molar-refractivity contribution in [2.75, 3.05) is 6.61 Å². The van der Waals surface area contributed by atoms with Gasteiger partial charge in [0.1, 0.15) is 6.04 Å². The predicted molar refractivity (Wildman–Crippen MR) is 58.1 cm³/mol. The fraction of sp³-hybridized carbons (Fsp3) is 0.182. The van der Waals surface area contributed by atoms with Crippen LogP contribution in [0.25, 0.3) is 12.2 Å². The number of carboxylic acid groups (broad SMARTS) is 1. The summed E-state index contributed by atoms with van der Waals surface area (Å²) in [4.78, 5) is 9.65. The highest BCUT2D eigenvalue weighted by molar-refractivity contribution is 5.85. The van der Waals surface area contributed by atoms with Crippen LogP contribution in [-0.2, 0) is 4.79 Å². The summed E-state index contributed by atoms with van der Waals surface area (Å²) >= 11 is 0. The van der Waals surface area contributed by atoms with Crippen molar-refractivity contribution in [1.29, 1.82) is 0 Å². The van der Waals surface area contributed by atoms with E-state index in [1.165, 1.54) is 11.1 Å². The Morgan fingerprint density at radius 3 is 1.87 bits per heavy atom. The van der Waals surface area contributed by atoms with Gasteiger partial charge >= 0.3 is 5.97 Å². The monoisotopic (exact) mass is 207 g/mol. The maximum atomic E-state index is 9.65. The summed E-state index contributed by atoms with van der Waals surface area (Å²) in [6.45, 7) is -0.505. The molecule has 1 aliphatic carbocycles. The fourth-order valence-corrected chi connectivity index (χ4v) is 0.976. The molecule has 0 fully saturated rings. The minimum absolute atomic E-state index is 0.505. The van der Waals surface area contributed by atoms with Crippen molar-refractivity contribution in [1.82, 2.24) is 0 Å². The zero-order chi connectivity index (χ0) is 11.3. The molecule has 4 N–H and O–H groups in total. The van der Waals surface area contributed by atoms with Crippen LogP contribution >= 0.6 is 0 Å². The Morgan fingerprint density at radius 2 is 1.73 bits per heavy atom. The number of nitrogens with two attached hydrogens (primary N) is 1. The molecule has 1 aromatic rings. The maximum Gasteiger partial charge on any atom is 0.322 e. The lowest BCUT2D eigenvalue weighted by atomic mass is 9.99. The van der Waals surface area contributed by atoms with Crippen LogP contribution in [0.5, 0.6) is 0 Å². The van der Waals surface area contributed by atoms with E-state index in [-0.39, 0.29) is 0 Å². The minimum Gasteiger partial charge on any atom is -0.480 e. The summed E-state index contributed by atoms with van der Waals surface area (Å²) in [5, 5.41) is 15.9. The lowest BCUT2D eigenvalue weighted by Gasteiger charge is -2.06. The van der Waals surface area contributed by atoms with E-state index >= 15 is 0 Å². The predicted octanol–water partition coefficient (Wildman–Crippen LogP) is 0.561. The lowest BCUT2D eigenvalue weighted by Crippen LogP contribution is -2.33. The van der Waals surface area contributed by atoms with Gasteiger partial charge in [-0.25, -0.2) is 0 Å². The topological polar surface area (TPSA) is 83.5 Å². The van der Waals surface area contributed by atoms with Crippen molar-refractivity contribution in [3.05, 3.63) is 35.4 Å². The average Bonchev–Trinajstić information content (AvgIpc) is 2.20. The van der Waals surface area contributed by atoms with E-state index in [0.717, 1.165) is 0 Å². The Balaban J connectivity index is 0.000000153. The molecule has 0 aromatic heterocycles. The first-order valence-electron chi connectivity index (χ1n) is 4.51. The molecule has 80 valence electrons. The highest BCUT2D eigenvalue weighted by Crippen LogP contribution is 2.21. The van der Waals surface area contributed by atoms with Crippen molar-refractivity contribution < 1.29 is 15.0 Å². The number of benzene rings is 1. The Kier molecular flexibility index (Phi) is 4.03. The number of rotatable bonds is 2. The molecule has 0 heterocycles. The Labute approximate surface area is 87.7 Å². The Bertz CT molecular complexity index is 349. The number of aliphatic hydroxyl groups excluding tert-OH is 1. The van der Waals surface area contributed by atoms with Crippen molar-refractivity contribution in [3.8, 4) is 0 Å². The molecule has 2 rings (SSSR count). The molecule has 1 aliphatic rings. The van der Waals surface area contributed by atoms with Gasteiger partial charge in [0, 0.05) is 0 Å². The molecular formula is C11H13NO3. The van der Waals surface area contributed by atoms with E-state index in [1.54, 1.807) is 0 Å². The van der Waals surface area contributed by atoms with Gasteiger partial charge in [0.25, 0.3) is 0 Å². The van der Waals surface area contributed by atoms with Crippen LogP contribution in [0.4, 0.5) is 0 Å². The number of carboxylic acids is 1. The molecule has 0 radical (unpaired) electrons. The third-order valence-corrected chi connectivity index (χ3v) is 1.95. The largest absolute Gasteiger partial charge is 0.480 e. The Morgan fingerprint density at radius 1 is 1.27 bits per heavy atom. The molecule has 0 bridgehead atoms. The van der Waals surface area contributed by atoms with Crippen molar-refractivity contribution >= 4 is 18.1 Å². The van der Waals surface area contributed by atoms with Gasteiger partial charge in [0.05, 0.1) is 6.61 Å². The molecule has 1 aromatic carbocycles. The number of hydrogen-bond acceptors (Lipinski definition) is 3. The lowest BCUT2D eigenvalue weighted by molar-refractivity contribution is -0.139. The summed E-state index contributed by atoms with van der Waals surface area (Å²) in [7, 11) is 0. The van der Waals surface area contributed by atoms with E-state index in [0.29, 0.717) is 0 Å². The van der Waals surface area contributed by atoms with Crippen LogP contribution in [0.2, 0.25) is 0 Å². The van der Waals surface area contributed by atoms with Crippen LogP contribution in [-0.4, -0.2) is 28.8 Å². The Hall–Kier alpha value is -1.65. The standard InChI is InChI=1S/C8H6.C3H7NO3/c1-2-4-8-6-5-7(8)3-1;4-2(1-5)3(6)7/h1-6H;2,5H,1,4H2,(H,6,7)/t;2-/m.0/s1. The first-order valence-corrected chi connectivity index (χ1v) is 4.51. The summed E-state index contributed by atoms with van der Waals surface area (Å²) in [6.07, 6.45) is 4.24. The van der Waals surface area contributed by atoms with Crippen molar-refractivity contribution in [3.63, 3.8) is 0 Å². The smallest absolute Gasteiger partial charge is 0.322 e. The molecule has 0 amide bonds. The number of fused-ring (bicyclic) bond motifs is 1. The number of carbonyl (C=O) groups is 1. The number of aliphatic carboxylic acids is 1. The third-order valence-electron chi connectivity index (χ3n) is 1.95. The molecule has 4 nitrogen and oxygen atoms in total. The zero-order valence-electron chi connectivity index (χ0n) is 8.13. The SMILES string of the molecule is C1=Cc2ccccc21.N[C@@H](CO)C(=O)O. The summed E-state index contributed by atoms with van der Waals surface area (Å²) in [6, 6.07) is 7.23. The zero-order valence-corrected chi connectivity index (χ0v) is 8.13. The van der Waals surface area contributed by atoms with Crippen LogP contribution in [0.1, 0.15) is 11.1 Å². The van der Waals surface area contributed by atoms with Gasteiger partial charge in [-0.15, -0.1) is 0 Å². The second kappa shape index (κ2) is 5.29. The second-order valence-corrected chi connectivity index (χ2v) is 3.09. The summed E-state index contributed by atoms with van der Waals surface area (Å²) in [5.41, 5.74) is 7.50. The highest BCUT2D eigenvalue weighted by atomic mass is 16.4. The molecule has 15 heavy (non-hydrogen) atoms. The molecule has 1 atom stereocenters. The summed E-state index contributed by atoms with van der Waals surface area (Å²) in [5.74, 6) is -1.18. The van der Waals surface area contributed by atoms with Crippen LogP contribution in [0.15, 0.2) is 24.3 Å². The van der Waals surface area contributed by atoms with Gasteiger partial charge in [0.15, 0.2) is 0 Å². The molecule has 4 heteroatoms. The fourth-order valence-electron chi connectivity index (χ4n) is 0.976. The molecule has 0 saturated heterocycles. The quantitative estimate of drug-likeness (QED) is 0.672. The molecule has 0 saturated carbocycles. The number of hydrogen-bond donors (Lipinski definition) is 3. The second-order valence-electron chi connectivity index (χ2n) is 3.09. The molecular weight excluding hydrogens is 194 g/mol. The van der Waals surface area contributed by atoms with Gasteiger partial charge in [0.2, 0.25) is 0 Å². The molecule has 0 unspecified atom stereocenters. The average molecular weight is 207 g/mol. The van der Waals surface area contributed by atoms with E-state index < -0.39 is 18.6 Å². The van der Waals surface area contributed by atoms with Crippen LogP contribution < -0.4 is 5.73 Å². The van der Waals surface area contributed by atoms with Crippen molar-refractivity contribution in [2.24, 2.45) is 5.73 Å².